The molecule has 1 atom stereocenters. The lowest BCUT2D eigenvalue weighted by Gasteiger charge is -2.06. The molecule has 2 rings (SSSR count). The lowest BCUT2D eigenvalue weighted by atomic mass is 10.2. The quantitative estimate of drug-likeness (QED) is 0.881. The fourth-order valence-corrected chi connectivity index (χ4v) is 3.17. The topological polar surface area (TPSA) is 79.8 Å². The average molecular weight is 292 g/mol. The van der Waals surface area contributed by atoms with E-state index in [-0.39, 0.29) is 11.4 Å². The van der Waals surface area contributed by atoms with Crippen molar-refractivity contribution in [3.63, 3.8) is 0 Å². The molecule has 1 aromatic heterocycles. The fraction of sp³-hybridized carbons (Fsp3) is 0.0769. The number of hydrogen-bond acceptors (Lipinski definition) is 4. The molecule has 4 nitrogen and oxygen atoms in total. The Labute approximate surface area is 118 Å². The summed E-state index contributed by atoms with van der Waals surface area (Å²) >= 11 is 6.00. The number of halogens is 1. The smallest absolute Gasteiger partial charge is 0.144 e. The van der Waals surface area contributed by atoms with Gasteiger partial charge in [0, 0.05) is 17.4 Å². The van der Waals surface area contributed by atoms with E-state index in [1.165, 1.54) is 6.20 Å². The highest BCUT2D eigenvalue weighted by Crippen LogP contribution is 2.24. The molecule has 1 unspecified atom stereocenters. The highest BCUT2D eigenvalue weighted by molar-refractivity contribution is 7.84. The van der Waals surface area contributed by atoms with Crippen molar-refractivity contribution in [2.45, 2.75) is 10.6 Å². The van der Waals surface area contributed by atoms with Gasteiger partial charge >= 0.3 is 0 Å². The minimum atomic E-state index is -1.37. The number of anilines is 1. The van der Waals surface area contributed by atoms with Crippen LogP contribution in [-0.4, -0.2) is 9.19 Å². The summed E-state index contributed by atoms with van der Waals surface area (Å²) in [6, 6.07) is 10.2. The Morgan fingerprint density at radius 1 is 1.42 bits per heavy atom. The Hall–Kier alpha value is -1.90. The van der Waals surface area contributed by atoms with E-state index in [1.54, 1.807) is 30.3 Å². The van der Waals surface area contributed by atoms with Crippen LogP contribution >= 0.6 is 11.6 Å². The van der Waals surface area contributed by atoms with E-state index < -0.39 is 10.8 Å². The number of nitrogen functional groups attached to an aromatic ring is 1. The largest absolute Gasteiger partial charge is 0.399 e. The molecular weight excluding hydrogens is 282 g/mol. The summed E-state index contributed by atoms with van der Waals surface area (Å²) in [5, 5.41) is 9.34. The zero-order valence-electron chi connectivity index (χ0n) is 9.84. The number of nitrogens with two attached hydrogens (primary N) is 1. The van der Waals surface area contributed by atoms with E-state index in [2.05, 4.69) is 4.98 Å². The maximum atomic E-state index is 12.3. The summed E-state index contributed by atoms with van der Waals surface area (Å²) < 4.78 is 12.3. The van der Waals surface area contributed by atoms with E-state index in [0.29, 0.717) is 21.2 Å². The number of nitriles is 1. The number of benzene rings is 1. The van der Waals surface area contributed by atoms with Crippen molar-refractivity contribution < 1.29 is 4.21 Å². The van der Waals surface area contributed by atoms with Crippen LogP contribution in [0.3, 0.4) is 0 Å². The van der Waals surface area contributed by atoms with Crippen LogP contribution in [-0.2, 0) is 16.6 Å². The molecule has 96 valence electrons. The van der Waals surface area contributed by atoms with Gasteiger partial charge in [-0.15, -0.1) is 0 Å². The van der Waals surface area contributed by atoms with Crippen molar-refractivity contribution in [3.8, 4) is 6.07 Å². The Morgan fingerprint density at radius 2 is 2.21 bits per heavy atom. The molecule has 0 aliphatic rings. The van der Waals surface area contributed by atoms with Gasteiger partial charge in [0.2, 0.25) is 0 Å². The predicted molar refractivity (Wildman–Crippen MR) is 74.9 cm³/mol. The van der Waals surface area contributed by atoms with Gasteiger partial charge in [0.1, 0.15) is 11.8 Å². The third kappa shape index (κ3) is 3.11. The molecule has 0 radical (unpaired) electrons. The van der Waals surface area contributed by atoms with Crippen LogP contribution in [0.15, 0.2) is 41.4 Å². The van der Waals surface area contributed by atoms with Crippen LogP contribution in [0.25, 0.3) is 0 Å². The van der Waals surface area contributed by atoms with Crippen LogP contribution in [0, 0.1) is 11.3 Å². The number of aromatic nitrogens is 1. The van der Waals surface area contributed by atoms with Crippen molar-refractivity contribution in [2.24, 2.45) is 0 Å². The first-order valence-corrected chi connectivity index (χ1v) is 7.09. The van der Waals surface area contributed by atoms with Gasteiger partial charge in [-0.2, -0.15) is 5.26 Å². The van der Waals surface area contributed by atoms with Crippen LogP contribution in [0.1, 0.15) is 11.3 Å². The van der Waals surface area contributed by atoms with Crippen LogP contribution in [0.4, 0.5) is 5.69 Å². The lowest BCUT2D eigenvalue weighted by Crippen LogP contribution is -2.01. The second kappa shape index (κ2) is 5.83. The van der Waals surface area contributed by atoms with Crippen LogP contribution in [0.5, 0.6) is 0 Å². The third-order valence-corrected chi connectivity index (χ3v) is 4.33. The molecule has 1 heterocycles. The molecule has 6 heteroatoms. The summed E-state index contributed by atoms with van der Waals surface area (Å²) in [5.41, 5.74) is 7.06. The monoisotopic (exact) mass is 291 g/mol. The Balaban J connectivity index is 2.31. The van der Waals surface area contributed by atoms with E-state index >= 15 is 0 Å². The molecular formula is C13H10ClN3OS. The summed E-state index contributed by atoms with van der Waals surface area (Å²) in [6.07, 6.45) is 1.53. The zero-order chi connectivity index (χ0) is 13.8. The van der Waals surface area contributed by atoms with E-state index in [9.17, 15) is 4.21 Å². The van der Waals surface area contributed by atoms with E-state index in [0.717, 1.165) is 0 Å². The molecule has 0 aliphatic heterocycles. The van der Waals surface area contributed by atoms with Gasteiger partial charge in [-0.25, -0.2) is 4.98 Å². The van der Waals surface area contributed by atoms with E-state index in [4.69, 9.17) is 22.6 Å². The second-order valence-electron chi connectivity index (χ2n) is 3.80. The maximum Gasteiger partial charge on any atom is 0.144 e. The average Bonchev–Trinajstić information content (AvgIpc) is 2.42. The molecule has 2 N–H and O–H groups in total. The number of pyridine rings is 1. The molecule has 0 aliphatic carbocycles. The van der Waals surface area contributed by atoms with Crippen LogP contribution < -0.4 is 5.73 Å². The molecule has 0 spiro atoms. The minimum Gasteiger partial charge on any atom is -0.399 e. The molecule has 0 saturated heterocycles. The summed E-state index contributed by atoms with van der Waals surface area (Å²) in [7, 11) is -1.37. The summed E-state index contributed by atoms with van der Waals surface area (Å²) in [5.74, 6) is 0.180. The van der Waals surface area contributed by atoms with Gasteiger partial charge < -0.3 is 5.73 Å². The summed E-state index contributed by atoms with van der Waals surface area (Å²) in [6.45, 7) is 0. The highest BCUT2D eigenvalue weighted by Gasteiger charge is 2.12. The molecule has 0 amide bonds. The maximum absolute atomic E-state index is 12.3. The van der Waals surface area contributed by atoms with Gasteiger partial charge in [-0.05, 0) is 24.3 Å². The van der Waals surface area contributed by atoms with Gasteiger partial charge in [0.15, 0.2) is 0 Å². The first-order valence-electron chi connectivity index (χ1n) is 5.39. The predicted octanol–water partition coefficient (Wildman–Crippen LogP) is 2.50. The standard InChI is InChI=1S/C13H10ClN3OS/c14-11-4-3-10(16)6-13(11)19(18)8-9-2-1-5-17-12(9)7-15/h1-6H,8,16H2. The van der Waals surface area contributed by atoms with Gasteiger partial charge in [-0.3, -0.25) is 4.21 Å². The van der Waals surface area contributed by atoms with Crippen molar-refractivity contribution in [1.29, 1.82) is 5.26 Å². The van der Waals surface area contributed by atoms with Crippen molar-refractivity contribution in [1.82, 2.24) is 4.98 Å². The molecule has 0 saturated carbocycles. The first-order chi connectivity index (χ1) is 9.11. The van der Waals surface area contributed by atoms with Crippen molar-refractivity contribution in [3.05, 3.63) is 52.8 Å². The third-order valence-electron chi connectivity index (χ3n) is 2.48. The Bertz CT molecular complexity index is 682. The minimum absolute atomic E-state index is 0.180. The number of hydrogen-bond donors (Lipinski definition) is 1. The van der Waals surface area contributed by atoms with Gasteiger partial charge in [0.25, 0.3) is 0 Å². The fourth-order valence-electron chi connectivity index (χ4n) is 1.57. The normalized spacial score (nSPS) is 11.8. The molecule has 2 aromatic rings. The first kappa shape index (κ1) is 13.5. The van der Waals surface area contributed by atoms with Crippen molar-refractivity contribution >= 4 is 28.1 Å². The molecule has 19 heavy (non-hydrogen) atoms. The molecule has 1 aromatic carbocycles. The van der Waals surface area contributed by atoms with Gasteiger partial charge in [0.05, 0.1) is 26.5 Å². The van der Waals surface area contributed by atoms with E-state index in [1.807, 2.05) is 6.07 Å². The van der Waals surface area contributed by atoms with Crippen LogP contribution in [0.2, 0.25) is 5.02 Å². The number of rotatable bonds is 3. The van der Waals surface area contributed by atoms with Crippen molar-refractivity contribution in [2.75, 3.05) is 5.73 Å². The Morgan fingerprint density at radius 3 is 2.95 bits per heavy atom. The molecule has 0 bridgehead atoms. The SMILES string of the molecule is N#Cc1ncccc1CS(=O)c1cc(N)ccc1Cl. The lowest BCUT2D eigenvalue weighted by molar-refractivity contribution is 0.682. The van der Waals surface area contributed by atoms with Gasteiger partial charge in [-0.1, -0.05) is 17.7 Å². The Kier molecular flexibility index (Phi) is 4.15. The second-order valence-corrected chi connectivity index (χ2v) is 5.63. The zero-order valence-corrected chi connectivity index (χ0v) is 11.4. The molecule has 0 fully saturated rings. The summed E-state index contributed by atoms with van der Waals surface area (Å²) in [4.78, 5) is 4.40. The number of nitrogens with zero attached hydrogens (tertiary/aromatic N) is 2. The highest BCUT2D eigenvalue weighted by atomic mass is 35.5.